The number of nitrogens with two attached hydrogens (primary N) is 1. The minimum atomic E-state index is -0.529. The zero-order chi connectivity index (χ0) is 15.4. The van der Waals surface area contributed by atoms with Gasteiger partial charge in [0.05, 0.1) is 12.2 Å². The molecule has 1 aliphatic rings. The predicted octanol–water partition coefficient (Wildman–Crippen LogP) is 2.62. The topological polar surface area (TPSA) is 58.4 Å². The van der Waals surface area contributed by atoms with E-state index in [9.17, 15) is 9.18 Å². The Morgan fingerprint density at radius 2 is 2.33 bits per heavy atom. The highest BCUT2D eigenvalue weighted by Crippen LogP contribution is 2.21. The normalized spacial score (nSPS) is 21.0. The molecule has 1 heterocycles. The number of rotatable bonds is 4. The molecule has 1 amide bonds. The number of carbonyl (C=O) groups is 1. The smallest absolute Gasteiger partial charge is 0.238 e. The molecule has 0 saturated carbocycles. The summed E-state index contributed by atoms with van der Waals surface area (Å²) in [5, 5.41) is 2.89. The predicted molar refractivity (Wildman–Crippen MR) is 82.9 cm³/mol. The molecule has 0 bridgehead atoms. The number of anilines is 1. The minimum absolute atomic E-state index is 0.0189. The molecule has 4 nitrogen and oxygen atoms in total. The second kappa shape index (κ2) is 7.20. The van der Waals surface area contributed by atoms with E-state index in [-0.39, 0.29) is 30.2 Å². The Balaban J connectivity index is 1.97. The molecule has 1 fully saturated rings. The largest absolute Gasteiger partial charge is 0.327 e. The number of amides is 1. The lowest BCUT2D eigenvalue weighted by molar-refractivity contribution is -0.118. The average Bonchev–Trinajstić information content (AvgIpc) is 2.42. The van der Waals surface area contributed by atoms with Crippen molar-refractivity contribution in [2.75, 3.05) is 18.4 Å². The number of benzene rings is 1. The van der Waals surface area contributed by atoms with Gasteiger partial charge in [0.1, 0.15) is 5.82 Å². The third-order valence-corrected chi connectivity index (χ3v) is 4.06. The molecular weight excluding hydrogens is 293 g/mol. The van der Waals surface area contributed by atoms with Gasteiger partial charge in [0.15, 0.2) is 0 Å². The van der Waals surface area contributed by atoms with Crippen molar-refractivity contribution in [2.45, 2.75) is 38.3 Å². The fourth-order valence-corrected chi connectivity index (χ4v) is 2.93. The molecule has 2 atom stereocenters. The highest BCUT2D eigenvalue weighted by molar-refractivity contribution is 6.30. The summed E-state index contributed by atoms with van der Waals surface area (Å²) in [6.45, 7) is 3.04. The van der Waals surface area contributed by atoms with Crippen molar-refractivity contribution in [3.63, 3.8) is 0 Å². The van der Waals surface area contributed by atoms with Crippen molar-refractivity contribution in [2.24, 2.45) is 5.73 Å². The molecule has 0 aliphatic carbocycles. The minimum Gasteiger partial charge on any atom is -0.327 e. The molecule has 2 unspecified atom stereocenters. The van der Waals surface area contributed by atoms with Crippen molar-refractivity contribution < 1.29 is 9.18 Å². The Morgan fingerprint density at radius 1 is 1.57 bits per heavy atom. The molecule has 0 radical (unpaired) electrons. The Labute approximate surface area is 129 Å². The van der Waals surface area contributed by atoms with Crippen molar-refractivity contribution in [3.8, 4) is 0 Å². The zero-order valence-corrected chi connectivity index (χ0v) is 12.9. The molecule has 0 aromatic heterocycles. The van der Waals surface area contributed by atoms with Crippen LogP contribution in [0.2, 0.25) is 5.02 Å². The highest BCUT2D eigenvalue weighted by Gasteiger charge is 2.27. The van der Waals surface area contributed by atoms with Gasteiger partial charge in [-0.1, -0.05) is 18.0 Å². The summed E-state index contributed by atoms with van der Waals surface area (Å²) in [4.78, 5) is 14.2. The highest BCUT2D eigenvalue weighted by atomic mass is 35.5. The van der Waals surface area contributed by atoms with Gasteiger partial charge in [0, 0.05) is 17.1 Å². The molecule has 1 aromatic rings. The number of hydrogen-bond donors (Lipinski definition) is 2. The Kier molecular flexibility index (Phi) is 5.56. The van der Waals surface area contributed by atoms with Gasteiger partial charge < -0.3 is 11.1 Å². The van der Waals surface area contributed by atoms with Crippen LogP contribution in [0.5, 0.6) is 0 Å². The van der Waals surface area contributed by atoms with E-state index in [0.717, 1.165) is 25.8 Å². The summed E-state index contributed by atoms with van der Waals surface area (Å²) in [6, 6.07) is 4.42. The third-order valence-electron chi connectivity index (χ3n) is 3.82. The van der Waals surface area contributed by atoms with Crippen LogP contribution in [0.25, 0.3) is 0 Å². The lowest BCUT2D eigenvalue weighted by Gasteiger charge is -2.37. The fourth-order valence-electron chi connectivity index (χ4n) is 2.77. The van der Waals surface area contributed by atoms with Crippen LogP contribution in [0.4, 0.5) is 10.1 Å². The molecule has 3 N–H and O–H groups in total. The van der Waals surface area contributed by atoms with Crippen molar-refractivity contribution in [1.82, 2.24) is 4.90 Å². The Morgan fingerprint density at radius 3 is 3.00 bits per heavy atom. The molecular formula is C15H21ClFN3O. The summed E-state index contributed by atoms with van der Waals surface area (Å²) in [5.74, 6) is -0.762. The maximum Gasteiger partial charge on any atom is 0.238 e. The zero-order valence-electron chi connectivity index (χ0n) is 12.1. The van der Waals surface area contributed by atoms with Gasteiger partial charge in [-0.3, -0.25) is 9.69 Å². The monoisotopic (exact) mass is 313 g/mol. The summed E-state index contributed by atoms with van der Waals surface area (Å²) < 4.78 is 13.7. The van der Waals surface area contributed by atoms with E-state index in [0.29, 0.717) is 5.02 Å². The fraction of sp³-hybridized carbons (Fsp3) is 0.533. The lowest BCUT2D eigenvalue weighted by Crippen LogP contribution is -2.51. The molecule has 0 spiro atoms. The number of likely N-dealkylation sites (tertiary alicyclic amines) is 1. The standard InChI is InChI=1S/C15H21ClFN3O/c1-10(18)14-4-2-3-7-20(14)9-15(21)19-13-6-5-11(16)8-12(13)17/h5-6,8,10,14H,2-4,7,9,18H2,1H3,(H,19,21). The first-order valence-electron chi connectivity index (χ1n) is 7.22. The molecule has 1 aliphatic heterocycles. The SMILES string of the molecule is CC(N)C1CCCCN1CC(=O)Nc1ccc(Cl)cc1F. The van der Waals surface area contributed by atoms with Crippen LogP contribution in [-0.2, 0) is 4.79 Å². The molecule has 21 heavy (non-hydrogen) atoms. The van der Waals surface area contributed by atoms with Gasteiger partial charge >= 0.3 is 0 Å². The molecule has 116 valence electrons. The number of nitrogens with zero attached hydrogens (tertiary/aromatic N) is 1. The number of piperidine rings is 1. The van der Waals surface area contributed by atoms with Crippen LogP contribution < -0.4 is 11.1 Å². The van der Waals surface area contributed by atoms with Gasteiger partial charge in [-0.05, 0) is 44.5 Å². The van der Waals surface area contributed by atoms with E-state index in [1.54, 1.807) is 6.07 Å². The second-order valence-electron chi connectivity index (χ2n) is 5.57. The first-order valence-corrected chi connectivity index (χ1v) is 7.59. The molecule has 1 aromatic carbocycles. The van der Waals surface area contributed by atoms with Crippen LogP contribution in [0.3, 0.4) is 0 Å². The first-order chi connectivity index (χ1) is 9.97. The number of halogens is 2. The van der Waals surface area contributed by atoms with Crippen molar-refractivity contribution in [1.29, 1.82) is 0 Å². The average molecular weight is 314 g/mol. The lowest BCUT2D eigenvalue weighted by atomic mass is 9.97. The molecule has 6 heteroatoms. The summed E-state index contributed by atoms with van der Waals surface area (Å²) in [7, 11) is 0. The maximum absolute atomic E-state index is 13.7. The maximum atomic E-state index is 13.7. The molecule has 2 rings (SSSR count). The summed E-state index contributed by atoms with van der Waals surface area (Å²) >= 11 is 5.69. The van der Waals surface area contributed by atoms with Crippen LogP contribution in [0.15, 0.2) is 18.2 Å². The number of nitrogens with one attached hydrogen (secondary N) is 1. The van der Waals surface area contributed by atoms with Crippen LogP contribution in [0.1, 0.15) is 26.2 Å². The summed E-state index contributed by atoms with van der Waals surface area (Å²) in [6.07, 6.45) is 3.20. The Hall–Kier alpha value is -1.17. The van der Waals surface area contributed by atoms with E-state index < -0.39 is 5.82 Å². The van der Waals surface area contributed by atoms with Gasteiger partial charge in [-0.25, -0.2) is 4.39 Å². The van der Waals surface area contributed by atoms with Crippen molar-refractivity contribution in [3.05, 3.63) is 29.0 Å². The van der Waals surface area contributed by atoms with E-state index in [2.05, 4.69) is 10.2 Å². The van der Waals surface area contributed by atoms with Gasteiger partial charge in [0.25, 0.3) is 0 Å². The van der Waals surface area contributed by atoms with Gasteiger partial charge in [-0.15, -0.1) is 0 Å². The number of hydrogen-bond acceptors (Lipinski definition) is 3. The van der Waals surface area contributed by atoms with Gasteiger partial charge in [0.2, 0.25) is 5.91 Å². The Bertz CT molecular complexity index is 510. The second-order valence-corrected chi connectivity index (χ2v) is 6.00. The number of carbonyl (C=O) groups excluding carboxylic acids is 1. The van der Waals surface area contributed by atoms with Gasteiger partial charge in [-0.2, -0.15) is 0 Å². The van der Waals surface area contributed by atoms with E-state index in [4.69, 9.17) is 17.3 Å². The van der Waals surface area contributed by atoms with Crippen LogP contribution >= 0.6 is 11.6 Å². The molecule has 1 saturated heterocycles. The summed E-state index contributed by atoms with van der Waals surface area (Å²) in [5.41, 5.74) is 6.13. The first kappa shape index (κ1) is 16.2. The van der Waals surface area contributed by atoms with E-state index >= 15 is 0 Å². The van der Waals surface area contributed by atoms with E-state index in [1.165, 1.54) is 12.1 Å². The van der Waals surface area contributed by atoms with Crippen LogP contribution in [0, 0.1) is 5.82 Å². The van der Waals surface area contributed by atoms with Crippen molar-refractivity contribution >= 4 is 23.2 Å². The van der Waals surface area contributed by atoms with Crippen LogP contribution in [-0.4, -0.2) is 36.0 Å². The quantitative estimate of drug-likeness (QED) is 0.898. The van der Waals surface area contributed by atoms with E-state index in [1.807, 2.05) is 6.92 Å². The third kappa shape index (κ3) is 4.40.